The Kier molecular flexibility index (Phi) is 3.71. The molecule has 3 nitrogen and oxygen atoms in total. The number of anilines is 1. The smallest absolute Gasteiger partial charge is 0.177 e. The van der Waals surface area contributed by atoms with Gasteiger partial charge in [-0.3, -0.25) is 0 Å². The molecule has 0 fully saturated rings. The van der Waals surface area contributed by atoms with Crippen LogP contribution in [0.1, 0.15) is 6.92 Å². The van der Waals surface area contributed by atoms with Crippen molar-refractivity contribution in [1.82, 2.24) is 0 Å². The standard InChI is InChI=1S/C10H14FNO2/c1-7(5-13)6-14-10-8(11)3-2-4-9(10)12/h2-4,7,13H,5-6,12H2,1H3. The summed E-state index contributed by atoms with van der Waals surface area (Å²) in [6.45, 7) is 2.06. The molecule has 0 amide bonds. The van der Waals surface area contributed by atoms with Crippen LogP contribution in [0, 0.1) is 11.7 Å². The van der Waals surface area contributed by atoms with Gasteiger partial charge in [0.15, 0.2) is 11.6 Å². The van der Waals surface area contributed by atoms with Crippen LogP contribution >= 0.6 is 0 Å². The summed E-state index contributed by atoms with van der Waals surface area (Å²) >= 11 is 0. The van der Waals surface area contributed by atoms with E-state index in [-0.39, 0.29) is 30.6 Å². The fourth-order valence-electron chi connectivity index (χ4n) is 0.956. The average Bonchev–Trinajstić information content (AvgIpc) is 2.16. The van der Waals surface area contributed by atoms with Crippen molar-refractivity contribution in [2.24, 2.45) is 5.92 Å². The zero-order valence-electron chi connectivity index (χ0n) is 8.03. The number of halogens is 1. The van der Waals surface area contributed by atoms with Crippen molar-refractivity contribution >= 4 is 5.69 Å². The zero-order valence-corrected chi connectivity index (χ0v) is 8.03. The van der Waals surface area contributed by atoms with Gasteiger partial charge in [0.05, 0.1) is 12.3 Å². The number of hydrogen-bond acceptors (Lipinski definition) is 3. The first-order chi connectivity index (χ1) is 6.65. The van der Waals surface area contributed by atoms with Gasteiger partial charge in [0.1, 0.15) is 0 Å². The molecule has 4 heteroatoms. The van der Waals surface area contributed by atoms with Crippen LogP contribution in [0.5, 0.6) is 5.75 Å². The molecule has 0 radical (unpaired) electrons. The Hall–Kier alpha value is -1.29. The number of ether oxygens (including phenoxy) is 1. The molecule has 1 atom stereocenters. The van der Waals surface area contributed by atoms with Crippen molar-refractivity contribution in [3.05, 3.63) is 24.0 Å². The maximum atomic E-state index is 13.1. The molecule has 78 valence electrons. The van der Waals surface area contributed by atoms with E-state index in [0.29, 0.717) is 0 Å². The van der Waals surface area contributed by atoms with E-state index < -0.39 is 5.82 Å². The van der Waals surface area contributed by atoms with E-state index in [1.165, 1.54) is 12.1 Å². The Bertz CT molecular complexity index is 284. The monoisotopic (exact) mass is 199 g/mol. The highest BCUT2D eigenvalue weighted by Gasteiger charge is 2.08. The molecule has 0 aliphatic rings. The summed E-state index contributed by atoms with van der Waals surface area (Å²) in [5, 5.41) is 8.75. The summed E-state index contributed by atoms with van der Waals surface area (Å²) in [6.07, 6.45) is 0. The van der Waals surface area contributed by atoms with E-state index in [2.05, 4.69) is 0 Å². The number of nitrogen functional groups attached to an aromatic ring is 1. The van der Waals surface area contributed by atoms with Gasteiger partial charge in [0, 0.05) is 12.5 Å². The average molecular weight is 199 g/mol. The van der Waals surface area contributed by atoms with Crippen LogP contribution in [0.3, 0.4) is 0 Å². The normalized spacial score (nSPS) is 12.5. The maximum absolute atomic E-state index is 13.1. The number of aliphatic hydroxyl groups excluding tert-OH is 1. The quantitative estimate of drug-likeness (QED) is 0.721. The van der Waals surface area contributed by atoms with Crippen LogP contribution in [0.15, 0.2) is 18.2 Å². The topological polar surface area (TPSA) is 55.5 Å². The van der Waals surface area contributed by atoms with E-state index in [1.54, 1.807) is 13.0 Å². The highest BCUT2D eigenvalue weighted by Crippen LogP contribution is 2.24. The van der Waals surface area contributed by atoms with Crippen LogP contribution in [0.25, 0.3) is 0 Å². The van der Waals surface area contributed by atoms with Crippen molar-refractivity contribution in [3.8, 4) is 5.75 Å². The lowest BCUT2D eigenvalue weighted by molar-refractivity contribution is 0.171. The van der Waals surface area contributed by atoms with Gasteiger partial charge in [-0.1, -0.05) is 13.0 Å². The SMILES string of the molecule is CC(CO)COc1c(N)cccc1F. The van der Waals surface area contributed by atoms with Gasteiger partial charge in [-0.05, 0) is 12.1 Å². The Morgan fingerprint density at radius 1 is 1.57 bits per heavy atom. The predicted octanol–water partition coefficient (Wildman–Crippen LogP) is 1.42. The van der Waals surface area contributed by atoms with Crippen molar-refractivity contribution in [2.75, 3.05) is 18.9 Å². The summed E-state index contributed by atoms with van der Waals surface area (Å²) in [4.78, 5) is 0. The van der Waals surface area contributed by atoms with Crippen molar-refractivity contribution in [1.29, 1.82) is 0 Å². The molecule has 0 aromatic heterocycles. The van der Waals surface area contributed by atoms with Crippen LogP contribution in [0.4, 0.5) is 10.1 Å². The molecule has 1 rings (SSSR count). The third-order valence-electron chi connectivity index (χ3n) is 1.82. The summed E-state index contributed by atoms with van der Waals surface area (Å²) in [6, 6.07) is 4.38. The summed E-state index contributed by atoms with van der Waals surface area (Å²) in [7, 11) is 0. The van der Waals surface area contributed by atoms with E-state index >= 15 is 0 Å². The number of nitrogens with two attached hydrogens (primary N) is 1. The van der Waals surface area contributed by atoms with Crippen LogP contribution in [-0.4, -0.2) is 18.3 Å². The highest BCUT2D eigenvalue weighted by atomic mass is 19.1. The minimum atomic E-state index is -0.477. The molecule has 0 aliphatic heterocycles. The van der Waals surface area contributed by atoms with Gasteiger partial charge >= 0.3 is 0 Å². The van der Waals surface area contributed by atoms with E-state index in [0.717, 1.165) is 0 Å². The highest BCUT2D eigenvalue weighted by molar-refractivity contribution is 5.52. The van der Waals surface area contributed by atoms with Crippen molar-refractivity contribution in [3.63, 3.8) is 0 Å². The van der Waals surface area contributed by atoms with E-state index in [4.69, 9.17) is 15.6 Å². The van der Waals surface area contributed by atoms with E-state index in [9.17, 15) is 4.39 Å². The Labute approximate surface area is 82.3 Å². The number of para-hydroxylation sites is 1. The van der Waals surface area contributed by atoms with Gasteiger partial charge in [0.25, 0.3) is 0 Å². The first-order valence-electron chi connectivity index (χ1n) is 4.42. The molecular weight excluding hydrogens is 185 g/mol. The molecule has 3 N–H and O–H groups in total. The first kappa shape index (κ1) is 10.8. The maximum Gasteiger partial charge on any atom is 0.177 e. The predicted molar refractivity (Wildman–Crippen MR) is 52.6 cm³/mol. The Morgan fingerprint density at radius 2 is 2.29 bits per heavy atom. The lowest BCUT2D eigenvalue weighted by Crippen LogP contribution is -2.13. The van der Waals surface area contributed by atoms with Gasteiger partial charge in [-0.15, -0.1) is 0 Å². The lowest BCUT2D eigenvalue weighted by atomic mass is 10.2. The van der Waals surface area contributed by atoms with Crippen molar-refractivity contribution < 1.29 is 14.2 Å². The summed E-state index contributed by atoms with van der Waals surface area (Å²) < 4.78 is 18.3. The minimum Gasteiger partial charge on any atom is -0.488 e. The number of benzene rings is 1. The van der Waals surface area contributed by atoms with Crippen LogP contribution in [-0.2, 0) is 0 Å². The molecule has 14 heavy (non-hydrogen) atoms. The lowest BCUT2D eigenvalue weighted by Gasteiger charge is -2.12. The number of rotatable bonds is 4. The zero-order chi connectivity index (χ0) is 10.6. The summed E-state index contributed by atoms with van der Waals surface area (Å²) in [5.41, 5.74) is 5.79. The fraction of sp³-hybridized carbons (Fsp3) is 0.400. The van der Waals surface area contributed by atoms with Crippen LogP contribution in [0.2, 0.25) is 0 Å². The third kappa shape index (κ3) is 2.60. The van der Waals surface area contributed by atoms with Gasteiger partial charge < -0.3 is 15.6 Å². The van der Waals surface area contributed by atoms with E-state index in [1.807, 2.05) is 0 Å². The summed E-state index contributed by atoms with van der Waals surface area (Å²) in [5.74, 6) is -0.447. The second-order valence-electron chi connectivity index (χ2n) is 3.26. The second kappa shape index (κ2) is 4.81. The molecule has 0 saturated carbocycles. The molecule has 0 saturated heterocycles. The molecule has 0 spiro atoms. The largest absolute Gasteiger partial charge is 0.488 e. The molecule has 1 unspecified atom stereocenters. The number of aliphatic hydroxyl groups is 1. The number of hydrogen-bond donors (Lipinski definition) is 2. The molecule has 0 bridgehead atoms. The van der Waals surface area contributed by atoms with Gasteiger partial charge in [0.2, 0.25) is 0 Å². The molecular formula is C10H14FNO2. The minimum absolute atomic E-state index is 0.00829. The fourth-order valence-corrected chi connectivity index (χ4v) is 0.956. The molecule has 1 aromatic carbocycles. The second-order valence-corrected chi connectivity index (χ2v) is 3.26. The van der Waals surface area contributed by atoms with Gasteiger partial charge in [-0.25, -0.2) is 4.39 Å². The Morgan fingerprint density at radius 3 is 2.86 bits per heavy atom. The Balaban J connectivity index is 2.66. The third-order valence-corrected chi connectivity index (χ3v) is 1.82. The molecule has 0 aliphatic carbocycles. The first-order valence-corrected chi connectivity index (χ1v) is 4.42. The van der Waals surface area contributed by atoms with Gasteiger partial charge in [-0.2, -0.15) is 0 Å². The van der Waals surface area contributed by atoms with Crippen molar-refractivity contribution in [2.45, 2.75) is 6.92 Å². The van der Waals surface area contributed by atoms with Crippen LogP contribution < -0.4 is 10.5 Å². The molecule has 0 heterocycles. The molecule has 1 aromatic rings.